The van der Waals surface area contributed by atoms with Gasteiger partial charge in [0.05, 0.1) is 0 Å². The Bertz CT molecular complexity index is 969. The topological polar surface area (TPSA) is 0 Å². The van der Waals surface area contributed by atoms with Gasteiger partial charge >= 0.3 is 25.8 Å². The average Bonchev–Trinajstić information content (AvgIpc) is 3.19. The molecule has 4 heteroatoms. The molecule has 0 aromatic heterocycles. The summed E-state index contributed by atoms with van der Waals surface area (Å²) in [7, 11) is 0. The van der Waals surface area contributed by atoms with Crippen LogP contribution in [0.2, 0.25) is 0 Å². The van der Waals surface area contributed by atoms with Crippen molar-refractivity contribution in [3.05, 3.63) is 97.1 Å². The van der Waals surface area contributed by atoms with Crippen molar-refractivity contribution in [2.24, 2.45) is 0 Å². The number of fused-ring (bicyclic) bond motifs is 4. The van der Waals surface area contributed by atoms with E-state index in [0.29, 0.717) is 0 Å². The molecule has 0 heterocycles. The fraction of sp³-hybridized carbons (Fsp3) is 0. The maximum Gasteiger partial charge on any atom is 4.00 e. The van der Waals surface area contributed by atoms with Gasteiger partial charge in [0.1, 0.15) is 0 Å². The van der Waals surface area contributed by atoms with Crippen LogP contribution in [0.15, 0.2) is 97.1 Å². The van der Waals surface area contributed by atoms with E-state index in [1.807, 2.05) is 0 Å². The molecule has 26 heavy (non-hydrogen) atoms. The van der Waals surface area contributed by atoms with E-state index in [9.17, 15) is 0 Å². The number of hydrogen-bond acceptors (Lipinski definition) is 0. The minimum atomic E-state index is 0. The number of rotatable bonds is 0. The summed E-state index contributed by atoms with van der Waals surface area (Å²) in [5, 5.41) is 8.05. The minimum Gasteiger partial charge on any atom is -1.00 e. The largest absolute Gasteiger partial charge is 4.00 e. The molecular formula is C22H16Cl2HfSi. The molecule has 5 aromatic rings. The Labute approximate surface area is 190 Å². The van der Waals surface area contributed by atoms with Gasteiger partial charge in [-0.25, -0.2) is 0 Å². The number of halogens is 2. The summed E-state index contributed by atoms with van der Waals surface area (Å²) in [4.78, 5) is 0. The second-order valence-corrected chi connectivity index (χ2v) is 5.47. The van der Waals surface area contributed by atoms with Crippen molar-refractivity contribution in [2.45, 2.75) is 0 Å². The van der Waals surface area contributed by atoms with Crippen LogP contribution >= 0.6 is 0 Å². The molecule has 0 saturated heterocycles. The first-order valence-corrected chi connectivity index (χ1v) is 7.55. The van der Waals surface area contributed by atoms with Crippen molar-refractivity contribution in [3.63, 3.8) is 0 Å². The zero-order valence-corrected chi connectivity index (χ0v) is 20.1. The van der Waals surface area contributed by atoms with Gasteiger partial charge in [-0.05, 0) is 0 Å². The summed E-state index contributed by atoms with van der Waals surface area (Å²) in [5.41, 5.74) is 0. The van der Waals surface area contributed by atoms with Crippen molar-refractivity contribution >= 4 is 43.3 Å². The van der Waals surface area contributed by atoms with Crippen LogP contribution in [0.1, 0.15) is 0 Å². The van der Waals surface area contributed by atoms with E-state index in [1.165, 1.54) is 32.3 Å². The first-order chi connectivity index (χ1) is 10.9. The van der Waals surface area contributed by atoms with Crippen molar-refractivity contribution in [2.75, 3.05) is 0 Å². The molecule has 5 aromatic carbocycles. The molecular weight excluding hydrogens is 542 g/mol. The van der Waals surface area contributed by atoms with E-state index in [4.69, 9.17) is 0 Å². The Kier molecular flexibility index (Phi) is 11.0. The molecule has 0 aliphatic rings. The van der Waals surface area contributed by atoms with Crippen LogP contribution in [0.25, 0.3) is 32.3 Å². The standard InChI is InChI=1S/C13H9.C9H7.2ClH.Hf.Si/c1-3-7-12-10(5-1)9-11-6-2-4-8-13(11)12;1-2-5-9-7-3-6-8(9)4-1;;;;/h1-9H;1-7H;2*1H;;/q2*-1;;;+4;/p-2. The number of benzene rings is 3. The Morgan fingerprint density at radius 3 is 1.54 bits per heavy atom. The molecule has 0 fully saturated rings. The summed E-state index contributed by atoms with van der Waals surface area (Å²) in [6, 6.07) is 33.9. The third-order valence-corrected chi connectivity index (χ3v) is 4.07. The third-order valence-electron chi connectivity index (χ3n) is 4.07. The predicted molar refractivity (Wildman–Crippen MR) is 102 cm³/mol. The van der Waals surface area contributed by atoms with Crippen molar-refractivity contribution in [1.29, 1.82) is 0 Å². The summed E-state index contributed by atoms with van der Waals surface area (Å²) < 4.78 is 0. The second-order valence-electron chi connectivity index (χ2n) is 5.47. The van der Waals surface area contributed by atoms with E-state index in [1.54, 1.807) is 0 Å². The van der Waals surface area contributed by atoms with Crippen LogP contribution in [0.3, 0.4) is 0 Å². The van der Waals surface area contributed by atoms with Gasteiger partial charge in [0.15, 0.2) is 0 Å². The SMILES string of the molecule is [Cl-].[Cl-].[Hf+4].[Si].c1ccc2[cH-]ccc2c1.c1ccc2c(c1)[cH-]c1ccccc12. The quantitative estimate of drug-likeness (QED) is 0.184. The Morgan fingerprint density at radius 1 is 0.538 bits per heavy atom. The smallest absolute Gasteiger partial charge is 1.00 e. The van der Waals surface area contributed by atoms with Crippen LogP contribution in [-0.4, -0.2) is 11.0 Å². The van der Waals surface area contributed by atoms with Crippen LogP contribution in [0.5, 0.6) is 0 Å². The van der Waals surface area contributed by atoms with Gasteiger partial charge in [0.25, 0.3) is 0 Å². The van der Waals surface area contributed by atoms with Gasteiger partial charge in [-0.1, -0.05) is 42.5 Å². The molecule has 0 saturated carbocycles. The maximum atomic E-state index is 2.24. The van der Waals surface area contributed by atoms with E-state index >= 15 is 0 Å². The summed E-state index contributed by atoms with van der Waals surface area (Å²) in [5.74, 6) is 0. The second kappa shape index (κ2) is 11.5. The Balaban J connectivity index is 0.000000436. The van der Waals surface area contributed by atoms with Gasteiger partial charge < -0.3 is 24.8 Å². The summed E-state index contributed by atoms with van der Waals surface area (Å²) in [6.07, 6.45) is 0. The first kappa shape index (κ1) is 24.8. The van der Waals surface area contributed by atoms with Gasteiger partial charge in [0, 0.05) is 11.0 Å². The zero-order valence-electron chi connectivity index (χ0n) is 14.0. The monoisotopic (exact) mass is 558 g/mol. The van der Waals surface area contributed by atoms with Crippen LogP contribution in [-0.2, 0) is 25.8 Å². The van der Waals surface area contributed by atoms with Crippen LogP contribution < -0.4 is 24.8 Å². The van der Waals surface area contributed by atoms with Crippen LogP contribution in [0, 0.1) is 0 Å². The van der Waals surface area contributed by atoms with Crippen LogP contribution in [0.4, 0.5) is 0 Å². The molecule has 126 valence electrons. The molecule has 0 nitrogen and oxygen atoms in total. The Hall–Kier alpha value is -1.19. The molecule has 5 rings (SSSR count). The van der Waals surface area contributed by atoms with Gasteiger partial charge in [0.2, 0.25) is 0 Å². The fourth-order valence-corrected chi connectivity index (χ4v) is 2.97. The van der Waals surface area contributed by atoms with Gasteiger partial charge in [-0.2, -0.15) is 17.5 Å². The Morgan fingerprint density at radius 2 is 1.00 bits per heavy atom. The molecule has 0 aliphatic heterocycles. The third kappa shape index (κ3) is 5.17. The average molecular weight is 558 g/mol. The zero-order chi connectivity index (χ0) is 14.8. The molecule has 0 atom stereocenters. The van der Waals surface area contributed by atoms with Crippen molar-refractivity contribution < 1.29 is 50.7 Å². The molecule has 0 bridgehead atoms. The fourth-order valence-electron chi connectivity index (χ4n) is 2.97. The van der Waals surface area contributed by atoms with E-state index in [0.717, 1.165) is 0 Å². The summed E-state index contributed by atoms with van der Waals surface area (Å²) in [6.45, 7) is 0. The predicted octanol–water partition coefficient (Wildman–Crippen LogP) is -0.105. The summed E-state index contributed by atoms with van der Waals surface area (Å²) >= 11 is 0. The molecule has 4 radical (unpaired) electrons. The van der Waals surface area contributed by atoms with Crippen molar-refractivity contribution in [1.82, 2.24) is 0 Å². The molecule has 0 amide bonds. The molecule has 0 N–H and O–H groups in total. The minimum absolute atomic E-state index is 0. The van der Waals surface area contributed by atoms with Crippen molar-refractivity contribution in [3.8, 4) is 0 Å². The molecule has 0 unspecified atom stereocenters. The van der Waals surface area contributed by atoms with Gasteiger partial charge in [-0.3, -0.25) is 0 Å². The number of hydrogen-bond donors (Lipinski definition) is 0. The first-order valence-electron chi connectivity index (χ1n) is 7.55. The molecule has 0 spiro atoms. The van der Waals surface area contributed by atoms with E-state index < -0.39 is 0 Å². The van der Waals surface area contributed by atoms with Gasteiger partial charge in [-0.15, -0.1) is 69.4 Å². The maximum absolute atomic E-state index is 2.24. The van der Waals surface area contributed by atoms with E-state index in [-0.39, 0.29) is 61.6 Å². The van der Waals surface area contributed by atoms with E-state index in [2.05, 4.69) is 97.1 Å². The normalized spacial score (nSPS) is 9.08. The molecule has 0 aliphatic carbocycles.